The van der Waals surface area contributed by atoms with E-state index in [9.17, 15) is 9.18 Å². The van der Waals surface area contributed by atoms with E-state index in [0.29, 0.717) is 18.0 Å². The van der Waals surface area contributed by atoms with Gasteiger partial charge in [-0.3, -0.25) is 0 Å². The molecule has 0 spiro atoms. The van der Waals surface area contributed by atoms with E-state index in [1.54, 1.807) is 0 Å². The minimum atomic E-state index is -1.09. The first kappa shape index (κ1) is 13.6. The number of hydrogen-bond acceptors (Lipinski definition) is 2. The zero-order valence-corrected chi connectivity index (χ0v) is 10.4. The van der Waals surface area contributed by atoms with Gasteiger partial charge in [-0.25, -0.2) is 9.18 Å². The number of carbonyl (C=O) groups is 1. The molecule has 1 N–H and O–H groups in total. The molecule has 0 amide bonds. The number of rotatable bonds is 5. The Hall–Kier alpha value is -1.42. The Bertz CT molecular complexity index is 404. The topological polar surface area (TPSA) is 40.5 Å². The largest absolute Gasteiger partial charge is 0.478 e. The molecule has 0 aliphatic heterocycles. The molecule has 0 bridgehead atoms. The second kappa shape index (κ2) is 5.77. The quantitative estimate of drug-likeness (QED) is 0.858. The third-order valence-corrected chi connectivity index (χ3v) is 2.42. The van der Waals surface area contributed by atoms with Crippen LogP contribution in [-0.2, 0) is 6.54 Å². The smallest absolute Gasteiger partial charge is 0.336 e. The molecule has 0 aliphatic rings. The van der Waals surface area contributed by atoms with Crippen LogP contribution in [0.1, 0.15) is 29.8 Å². The van der Waals surface area contributed by atoms with E-state index in [0.717, 1.165) is 12.6 Å². The zero-order valence-electron chi connectivity index (χ0n) is 10.4. The molecule has 0 aliphatic carbocycles. The van der Waals surface area contributed by atoms with E-state index in [1.165, 1.54) is 12.1 Å². The van der Waals surface area contributed by atoms with Crippen LogP contribution in [0.3, 0.4) is 0 Å². The van der Waals surface area contributed by atoms with Crippen LogP contribution in [0.4, 0.5) is 4.39 Å². The predicted octanol–water partition coefficient (Wildman–Crippen LogP) is 2.61. The number of halogens is 1. The molecule has 0 saturated heterocycles. The minimum Gasteiger partial charge on any atom is -0.478 e. The van der Waals surface area contributed by atoms with Crippen molar-refractivity contribution in [1.82, 2.24) is 4.90 Å². The maximum absolute atomic E-state index is 13.0. The molecule has 0 fully saturated rings. The van der Waals surface area contributed by atoms with Crippen LogP contribution >= 0.6 is 0 Å². The van der Waals surface area contributed by atoms with Gasteiger partial charge in [0, 0.05) is 13.1 Å². The first-order chi connectivity index (χ1) is 7.90. The van der Waals surface area contributed by atoms with Gasteiger partial charge in [-0.05, 0) is 30.7 Å². The van der Waals surface area contributed by atoms with E-state index in [-0.39, 0.29) is 5.56 Å². The number of aromatic carboxylic acids is 1. The summed E-state index contributed by atoms with van der Waals surface area (Å²) in [6, 6.07) is 3.90. The van der Waals surface area contributed by atoms with Gasteiger partial charge in [0.2, 0.25) is 0 Å². The van der Waals surface area contributed by atoms with Crippen molar-refractivity contribution in [1.29, 1.82) is 0 Å². The van der Waals surface area contributed by atoms with Gasteiger partial charge >= 0.3 is 5.97 Å². The van der Waals surface area contributed by atoms with Crippen molar-refractivity contribution in [2.45, 2.75) is 20.4 Å². The predicted molar refractivity (Wildman–Crippen MR) is 64.5 cm³/mol. The van der Waals surface area contributed by atoms with Gasteiger partial charge in [-0.2, -0.15) is 0 Å². The molecule has 0 saturated carbocycles. The van der Waals surface area contributed by atoms with Gasteiger partial charge in [0.05, 0.1) is 5.56 Å². The lowest BCUT2D eigenvalue weighted by molar-refractivity contribution is 0.0694. The Morgan fingerprint density at radius 2 is 2.12 bits per heavy atom. The average Bonchev–Trinajstić information content (AvgIpc) is 2.19. The van der Waals surface area contributed by atoms with Crippen LogP contribution in [-0.4, -0.2) is 29.6 Å². The van der Waals surface area contributed by atoms with Crippen molar-refractivity contribution in [3.05, 3.63) is 35.1 Å². The summed E-state index contributed by atoms with van der Waals surface area (Å²) in [6.45, 7) is 5.58. The lowest BCUT2D eigenvalue weighted by atomic mass is 10.1. The monoisotopic (exact) mass is 239 g/mol. The van der Waals surface area contributed by atoms with E-state index in [2.05, 4.69) is 13.8 Å². The molecule has 3 nitrogen and oxygen atoms in total. The number of carboxylic acid groups (broad SMARTS) is 1. The molecule has 0 heterocycles. The molecule has 0 atom stereocenters. The molecular weight excluding hydrogens is 221 g/mol. The Morgan fingerprint density at radius 3 is 2.65 bits per heavy atom. The molecule has 0 aromatic heterocycles. The van der Waals surface area contributed by atoms with Crippen molar-refractivity contribution in [2.24, 2.45) is 5.92 Å². The fourth-order valence-corrected chi connectivity index (χ4v) is 1.86. The molecule has 0 radical (unpaired) electrons. The molecule has 0 unspecified atom stereocenters. The fraction of sp³-hybridized carbons (Fsp3) is 0.462. The van der Waals surface area contributed by atoms with Crippen molar-refractivity contribution >= 4 is 5.97 Å². The second-order valence-electron chi connectivity index (χ2n) is 4.70. The molecule has 4 heteroatoms. The van der Waals surface area contributed by atoms with Crippen molar-refractivity contribution in [3.8, 4) is 0 Å². The molecule has 1 rings (SSSR count). The number of nitrogens with zero attached hydrogens (tertiary/aromatic N) is 1. The third kappa shape index (κ3) is 4.15. The minimum absolute atomic E-state index is 0.0422. The van der Waals surface area contributed by atoms with Gasteiger partial charge in [0.1, 0.15) is 5.82 Å². The standard InChI is InChI=1S/C13H18FNO2/c1-9(2)7-15(3)8-10-4-5-11(14)6-12(10)13(16)17/h4-6,9H,7-8H2,1-3H3,(H,16,17). The lowest BCUT2D eigenvalue weighted by Gasteiger charge is -2.19. The summed E-state index contributed by atoms with van der Waals surface area (Å²) >= 11 is 0. The zero-order chi connectivity index (χ0) is 13.0. The van der Waals surface area contributed by atoms with Crippen LogP contribution in [0, 0.1) is 11.7 Å². The maximum Gasteiger partial charge on any atom is 0.336 e. The second-order valence-corrected chi connectivity index (χ2v) is 4.70. The highest BCUT2D eigenvalue weighted by Crippen LogP contribution is 2.14. The lowest BCUT2D eigenvalue weighted by Crippen LogP contribution is -2.23. The first-order valence-corrected chi connectivity index (χ1v) is 5.60. The SMILES string of the molecule is CC(C)CN(C)Cc1ccc(F)cc1C(=O)O. The molecule has 94 valence electrons. The summed E-state index contributed by atoms with van der Waals surface area (Å²) in [7, 11) is 1.93. The van der Waals surface area contributed by atoms with Crippen LogP contribution in [0.5, 0.6) is 0 Å². The highest BCUT2D eigenvalue weighted by atomic mass is 19.1. The average molecular weight is 239 g/mol. The summed E-state index contributed by atoms with van der Waals surface area (Å²) in [6.07, 6.45) is 0. The van der Waals surface area contributed by atoms with Gasteiger partial charge in [-0.15, -0.1) is 0 Å². The first-order valence-electron chi connectivity index (χ1n) is 5.60. The van der Waals surface area contributed by atoms with Crippen LogP contribution in [0.2, 0.25) is 0 Å². The molecule has 1 aromatic carbocycles. The van der Waals surface area contributed by atoms with E-state index >= 15 is 0 Å². The van der Waals surface area contributed by atoms with Gasteiger partial charge < -0.3 is 10.0 Å². The van der Waals surface area contributed by atoms with Crippen LogP contribution in [0.15, 0.2) is 18.2 Å². The Kier molecular flexibility index (Phi) is 4.63. The highest BCUT2D eigenvalue weighted by molar-refractivity contribution is 5.89. The van der Waals surface area contributed by atoms with Crippen LogP contribution < -0.4 is 0 Å². The molecule has 1 aromatic rings. The number of carboxylic acids is 1. The van der Waals surface area contributed by atoms with Gasteiger partial charge in [0.15, 0.2) is 0 Å². The van der Waals surface area contributed by atoms with Crippen molar-refractivity contribution in [3.63, 3.8) is 0 Å². The summed E-state index contributed by atoms with van der Waals surface area (Å²) in [5.41, 5.74) is 0.683. The van der Waals surface area contributed by atoms with Crippen LogP contribution in [0.25, 0.3) is 0 Å². The molecule has 17 heavy (non-hydrogen) atoms. The highest BCUT2D eigenvalue weighted by Gasteiger charge is 2.13. The summed E-state index contributed by atoms with van der Waals surface area (Å²) in [5, 5.41) is 9.00. The number of hydrogen-bond donors (Lipinski definition) is 1. The molecular formula is C13H18FNO2. The summed E-state index contributed by atoms with van der Waals surface area (Å²) in [4.78, 5) is 13.0. The summed E-state index contributed by atoms with van der Waals surface area (Å²) < 4.78 is 13.0. The van der Waals surface area contributed by atoms with E-state index < -0.39 is 11.8 Å². The van der Waals surface area contributed by atoms with E-state index in [1.807, 2.05) is 11.9 Å². The fourth-order valence-electron chi connectivity index (χ4n) is 1.86. The number of benzene rings is 1. The Labute approximate surface area is 101 Å². The normalized spacial score (nSPS) is 11.2. The van der Waals surface area contributed by atoms with Crippen molar-refractivity contribution in [2.75, 3.05) is 13.6 Å². The van der Waals surface area contributed by atoms with Gasteiger partial charge in [-0.1, -0.05) is 19.9 Å². The van der Waals surface area contributed by atoms with Gasteiger partial charge in [0.25, 0.3) is 0 Å². The summed E-state index contributed by atoms with van der Waals surface area (Å²) in [5.74, 6) is -1.09. The van der Waals surface area contributed by atoms with E-state index in [4.69, 9.17) is 5.11 Å². The third-order valence-electron chi connectivity index (χ3n) is 2.42. The van der Waals surface area contributed by atoms with Crippen molar-refractivity contribution < 1.29 is 14.3 Å². The Morgan fingerprint density at radius 1 is 1.47 bits per heavy atom. The maximum atomic E-state index is 13.0. The Balaban J connectivity index is 2.86.